The van der Waals surface area contributed by atoms with Crippen LogP contribution in [0.5, 0.6) is 5.75 Å². The van der Waals surface area contributed by atoms with Crippen molar-refractivity contribution in [1.82, 2.24) is 0 Å². The van der Waals surface area contributed by atoms with Crippen LogP contribution in [0.4, 0.5) is 0 Å². The largest absolute Gasteiger partial charge is 0.504 e. The molecule has 0 spiro atoms. The fourth-order valence-electron chi connectivity index (χ4n) is 1.61. The van der Waals surface area contributed by atoms with Gasteiger partial charge in [0.2, 0.25) is 0 Å². The van der Waals surface area contributed by atoms with Gasteiger partial charge in [0.25, 0.3) is 0 Å². The van der Waals surface area contributed by atoms with Crippen LogP contribution >= 0.6 is 0 Å². The summed E-state index contributed by atoms with van der Waals surface area (Å²) in [5.74, 6) is -0.304. The van der Waals surface area contributed by atoms with Crippen molar-refractivity contribution >= 4 is 11.0 Å². The van der Waals surface area contributed by atoms with Crippen LogP contribution < -0.4 is 5.63 Å². The van der Waals surface area contributed by atoms with Crippen LogP contribution in [0, 0.1) is 0 Å². The zero-order chi connectivity index (χ0) is 11.7. The van der Waals surface area contributed by atoms with E-state index >= 15 is 0 Å². The highest BCUT2D eigenvalue weighted by Crippen LogP contribution is 2.30. The number of aliphatic hydroxyl groups excluding tert-OH is 2. The van der Waals surface area contributed by atoms with Crippen molar-refractivity contribution in [2.45, 2.75) is 13.2 Å². The second kappa shape index (κ2) is 3.96. The lowest BCUT2D eigenvalue weighted by atomic mass is 10.0. The summed E-state index contributed by atoms with van der Waals surface area (Å²) in [6.07, 6.45) is 0. The minimum atomic E-state index is -0.580. The van der Waals surface area contributed by atoms with E-state index < -0.39 is 12.2 Å². The lowest BCUT2D eigenvalue weighted by Crippen LogP contribution is -1.99. The molecule has 0 radical (unpaired) electrons. The Labute approximate surface area is 90.2 Å². The lowest BCUT2D eigenvalue weighted by Gasteiger charge is -2.09. The molecule has 0 saturated heterocycles. The summed E-state index contributed by atoms with van der Waals surface area (Å²) in [4.78, 5) is 11.0. The highest BCUT2D eigenvalue weighted by molar-refractivity contribution is 5.84. The predicted octanol–water partition coefficient (Wildman–Crippen LogP) is 0.483. The van der Waals surface area contributed by atoms with E-state index in [1.54, 1.807) is 6.07 Å². The van der Waals surface area contributed by atoms with Crippen LogP contribution in [0.15, 0.2) is 27.4 Å². The minimum Gasteiger partial charge on any atom is -0.504 e. The van der Waals surface area contributed by atoms with E-state index in [-0.39, 0.29) is 23.5 Å². The third-order valence-corrected chi connectivity index (χ3v) is 2.41. The van der Waals surface area contributed by atoms with Gasteiger partial charge in [-0.05, 0) is 17.7 Å². The molecule has 0 aliphatic rings. The first-order valence-electron chi connectivity index (χ1n) is 4.66. The maximum atomic E-state index is 11.0. The summed E-state index contributed by atoms with van der Waals surface area (Å²) in [7, 11) is 0. The second-order valence-corrected chi connectivity index (χ2v) is 3.35. The number of hydrogen-bond donors (Lipinski definition) is 3. The number of phenols is 1. The summed E-state index contributed by atoms with van der Waals surface area (Å²) < 4.78 is 4.84. The molecule has 0 aliphatic carbocycles. The second-order valence-electron chi connectivity index (χ2n) is 3.35. The molecule has 5 nitrogen and oxygen atoms in total. The van der Waals surface area contributed by atoms with Gasteiger partial charge in [0, 0.05) is 17.0 Å². The smallest absolute Gasteiger partial charge is 0.336 e. The number of fused-ring (bicyclic) bond motifs is 1. The molecule has 0 atom stereocenters. The minimum absolute atomic E-state index is 0.0220. The van der Waals surface area contributed by atoms with Crippen molar-refractivity contribution in [3.05, 3.63) is 39.7 Å². The fraction of sp³-hybridized carbons (Fsp3) is 0.182. The summed E-state index contributed by atoms with van der Waals surface area (Å²) in [5, 5.41) is 28.4. The molecule has 2 aromatic rings. The SMILES string of the molecule is O=c1ccc2cc(CO)c(CO)c(O)c2o1. The van der Waals surface area contributed by atoms with Crippen LogP contribution in [0.3, 0.4) is 0 Å². The van der Waals surface area contributed by atoms with Gasteiger partial charge in [0.05, 0.1) is 13.2 Å². The van der Waals surface area contributed by atoms with Gasteiger partial charge in [-0.25, -0.2) is 4.79 Å². The molecule has 0 bridgehead atoms. The molecular weight excluding hydrogens is 212 g/mol. The molecule has 1 heterocycles. The number of hydrogen-bond acceptors (Lipinski definition) is 5. The maximum absolute atomic E-state index is 11.0. The molecule has 3 N–H and O–H groups in total. The summed E-state index contributed by atoms with van der Waals surface area (Å²) >= 11 is 0. The van der Waals surface area contributed by atoms with Crippen molar-refractivity contribution in [1.29, 1.82) is 0 Å². The third-order valence-electron chi connectivity index (χ3n) is 2.41. The number of rotatable bonds is 2. The predicted molar refractivity (Wildman–Crippen MR) is 56.0 cm³/mol. The Bertz CT molecular complexity index is 585. The van der Waals surface area contributed by atoms with Crippen molar-refractivity contribution in [3.8, 4) is 5.75 Å². The first kappa shape index (κ1) is 10.7. The van der Waals surface area contributed by atoms with Gasteiger partial charge in [-0.2, -0.15) is 0 Å². The molecule has 0 amide bonds. The average Bonchev–Trinajstić information content (AvgIpc) is 2.29. The average molecular weight is 222 g/mol. The Kier molecular flexibility index (Phi) is 2.64. The van der Waals surface area contributed by atoms with Crippen molar-refractivity contribution in [2.75, 3.05) is 0 Å². The van der Waals surface area contributed by atoms with Gasteiger partial charge in [-0.3, -0.25) is 0 Å². The van der Waals surface area contributed by atoms with E-state index in [4.69, 9.17) is 14.6 Å². The molecule has 2 rings (SSSR count). The quantitative estimate of drug-likeness (QED) is 0.643. The normalized spacial score (nSPS) is 10.9. The van der Waals surface area contributed by atoms with Crippen molar-refractivity contribution in [2.24, 2.45) is 0 Å². The summed E-state index contributed by atoms with van der Waals surface area (Å²) in [6, 6.07) is 4.27. The Morgan fingerprint density at radius 3 is 2.56 bits per heavy atom. The molecule has 0 saturated carbocycles. The fourth-order valence-corrected chi connectivity index (χ4v) is 1.61. The van der Waals surface area contributed by atoms with Crippen LogP contribution in [0.1, 0.15) is 11.1 Å². The molecular formula is C11H10O5. The standard InChI is InChI=1S/C11H10O5/c12-4-7-3-6-1-2-9(14)16-11(6)10(15)8(7)5-13/h1-3,12-13,15H,4-5H2. The topological polar surface area (TPSA) is 90.9 Å². The van der Waals surface area contributed by atoms with Crippen LogP contribution in [-0.2, 0) is 13.2 Å². The van der Waals surface area contributed by atoms with E-state index in [1.807, 2.05) is 0 Å². The molecule has 84 valence electrons. The van der Waals surface area contributed by atoms with Gasteiger partial charge >= 0.3 is 5.63 Å². The van der Waals surface area contributed by atoms with Crippen molar-refractivity contribution < 1.29 is 19.7 Å². The third kappa shape index (κ3) is 1.56. The highest BCUT2D eigenvalue weighted by atomic mass is 16.4. The number of aliphatic hydroxyl groups is 2. The molecule has 1 aromatic carbocycles. The Morgan fingerprint density at radius 1 is 1.19 bits per heavy atom. The zero-order valence-corrected chi connectivity index (χ0v) is 8.30. The van der Waals surface area contributed by atoms with Gasteiger partial charge in [-0.1, -0.05) is 0 Å². The van der Waals surface area contributed by atoms with E-state index in [0.29, 0.717) is 10.9 Å². The highest BCUT2D eigenvalue weighted by Gasteiger charge is 2.13. The van der Waals surface area contributed by atoms with Crippen LogP contribution in [0.2, 0.25) is 0 Å². The molecule has 1 aromatic heterocycles. The van der Waals surface area contributed by atoms with E-state index in [9.17, 15) is 9.90 Å². The molecule has 16 heavy (non-hydrogen) atoms. The monoisotopic (exact) mass is 222 g/mol. The number of benzene rings is 1. The van der Waals surface area contributed by atoms with Crippen LogP contribution in [0.25, 0.3) is 11.0 Å². The van der Waals surface area contributed by atoms with Gasteiger partial charge in [0.15, 0.2) is 11.3 Å². The molecule has 0 unspecified atom stereocenters. The van der Waals surface area contributed by atoms with Gasteiger partial charge < -0.3 is 19.7 Å². The molecule has 0 aliphatic heterocycles. The van der Waals surface area contributed by atoms with Gasteiger partial charge in [0.1, 0.15) is 0 Å². The van der Waals surface area contributed by atoms with E-state index in [0.717, 1.165) is 0 Å². The van der Waals surface area contributed by atoms with Gasteiger partial charge in [-0.15, -0.1) is 0 Å². The zero-order valence-electron chi connectivity index (χ0n) is 8.30. The Balaban J connectivity index is 2.87. The lowest BCUT2D eigenvalue weighted by molar-refractivity contribution is 0.255. The Morgan fingerprint density at radius 2 is 1.94 bits per heavy atom. The summed E-state index contributed by atoms with van der Waals surface area (Å²) in [5.41, 5.74) is 0.0166. The van der Waals surface area contributed by atoms with Crippen LogP contribution in [-0.4, -0.2) is 15.3 Å². The molecule has 5 heteroatoms. The first-order chi connectivity index (χ1) is 7.67. The number of aromatic hydroxyl groups is 1. The molecule has 0 fully saturated rings. The van der Waals surface area contributed by atoms with Crippen molar-refractivity contribution in [3.63, 3.8) is 0 Å². The first-order valence-corrected chi connectivity index (χ1v) is 4.66. The van der Waals surface area contributed by atoms with E-state index in [1.165, 1.54) is 12.1 Å². The summed E-state index contributed by atoms with van der Waals surface area (Å²) in [6.45, 7) is -0.741. The van der Waals surface area contributed by atoms with E-state index in [2.05, 4.69) is 0 Å². The maximum Gasteiger partial charge on any atom is 0.336 e. The Hall–Kier alpha value is -1.85.